The Labute approximate surface area is 192 Å². The molecular formula is C23H18ClNO8. The summed E-state index contributed by atoms with van der Waals surface area (Å²) < 4.78 is 16.2. The highest BCUT2D eigenvalue weighted by atomic mass is 35.5. The van der Waals surface area contributed by atoms with Crippen molar-refractivity contribution in [2.45, 2.75) is 18.9 Å². The van der Waals surface area contributed by atoms with Crippen LogP contribution in [0.1, 0.15) is 23.2 Å². The molecule has 2 saturated carbocycles. The number of nitrogens with zero attached hydrogens (tertiary/aromatic N) is 1. The van der Waals surface area contributed by atoms with Gasteiger partial charge in [-0.2, -0.15) is 0 Å². The smallest absolute Gasteiger partial charge is 0.310 e. The molecule has 1 saturated heterocycles. The van der Waals surface area contributed by atoms with Crippen LogP contribution in [-0.2, 0) is 19.1 Å². The number of hydrogen-bond acceptors (Lipinski definition) is 8. The largest absolute Gasteiger partial charge is 0.462 e. The minimum atomic E-state index is -0.546. The van der Waals surface area contributed by atoms with E-state index in [1.165, 1.54) is 42.5 Å². The molecule has 3 fully saturated rings. The number of carbonyl (C=O) groups excluding carboxylic acids is 3. The van der Waals surface area contributed by atoms with Gasteiger partial charge in [-0.3, -0.25) is 24.5 Å². The van der Waals surface area contributed by atoms with Crippen LogP contribution in [0.3, 0.4) is 0 Å². The molecule has 2 bridgehead atoms. The number of non-ortho nitro benzene ring substituents is 1. The average Bonchev–Trinajstić information content (AvgIpc) is 3.42. The first-order valence-corrected chi connectivity index (χ1v) is 10.8. The zero-order chi connectivity index (χ0) is 23.3. The summed E-state index contributed by atoms with van der Waals surface area (Å²) in [6.07, 6.45) is 1.37. The maximum Gasteiger partial charge on any atom is 0.310 e. The van der Waals surface area contributed by atoms with Crippen molar-refractivity contribution in [1.29, 1.82) is 0 Å². The van der Waals surface area contributed by atoms with Gasteiger partial charge >= 0.3 is 11.9 Å². The third-order valence-corrected chi connectivity index (χ3v) is 6.93. The molecule has 0 radical (unpaired) electrons. The standard InChI is InChI=1S/C23H18ClNO8/c24-16-8-11(1-6-18(16)32-14-4-2-13(3-5-14)25(29)30)17(26)10-31-22(27)20-12-7-15-19(9-12)33-23(28)21(15)20/h1-6,8,12,15,19-21H,7,9-10H2/t12-,15+,19-,20-,21-/m1/s1. The number of hydrogen-bond donors (Lipinski definition) is 0. The summed E-state index contributed by atoms with van der Waals surface area (Å²) >= 11 is 6.23. The Morgan fingerprint density at radius 3 is 2.61 bits per heavy atom. The SMILES string of the molecule is O=C(COC(=O)[C@@H]1[C@@H]2C[C@@H]3[C@H]1C(=O)O[C@@H]3C2)c1ccc(Oc2ccc([N+](=O)[O-])cc2)c(Cl)c1. The van der Waals surface area contributed by atoms with E-state index in [0.717, 1.165) is 6.42 Å². The second-order valence-corrected chi connectivity index (χ2v) is 8.86. The van der Waals surface area contributed by atoms with Crippen LogP contribution in [-0.4, -0.2) is 35.4 Å². The fraction of sp³-hybridized carbons (Fsp3) is 0.348. The minimum Gasteiger partial charge on any atom is -0.462 e. The average molecular weight is 472 g/mol. The Balaban J connectivity index is 1.20. The molecular weight excluding hydrogens is 454 g/mol. The lowest BCUT2D eigenvalue weighted by molar-refractivity contribution is -0.384. The third kappa shape index (κ3) is 3.82. The highest BCUT2D eigenvalue weighted by molar-refractivity contribution is 6.32. The molecule has 10 heteroatoms. The molecule has 2 aromatic carbocycles. The molecule has 2 aliphatic carbocycles. The normalized spacial score (nSPS) is 26.7. The van der Waals surface area contributed by atoms with Gasteiger partial charge in [-0.15, -0.1) is 0 Å². The number of rotatable bonds is 7. The molecule has 2 aromatic rings. The molecule has 170 valence electrons. The first-order chi connectivity index (χ1) is 15.8. The lowest BCUT2D eigenvalue weighted by atomic mass is 9.80. The van der Waals surface area contributed by atoms with Gasteiger partial charge in [0.25, 0.3) is 5.69 Å². The van der Waals surface area contributed by atoms with E-state index in [-0.39, 0.29) is 45.9 Å². The van der Waals surface area contributed by atoms with Crippen LogP contribution < -0.4 is 4.74 Å². The van der Waals surface area contributed by atoms with E-state index in [2.05, 4.69) is 0 Å². The van der Waals surface area contributed by atoms with E-state index in [1.54, 1.807) is 0 Å². The van der Waals surface area contributed by atoms with Gasteiger partial charge in [0.2, 0.25) is 0 Å². The zero-order valence-corrected chi connectivity index (χ0v) is 17.9. The molecule has 0 aromatic heterocycles. The van der Waals surface area contributed by atoms with Crippen molar-refractivity contribution in [2.24, 2.45) is 23.7 Å². The molecule has 33 heavy (non-hydrogen) atoms. The number of esters is 2. The number of ether oxygens (including phenoxy) is 3. The summed E-state index contributed by atoms with van der Waals surface area (Å²) in [5.74, 6) is -1.58. The molecule has 0 amide bonds. The summed E-state index contributed by atoms with van der Waals surface area (Å²) in [7, 11) is 0. The van der Waals surface area contributed by atoms with Crippen molar-refractivity contribution < 1.29 is 33.5 Å². The number of fused-ring (bicyclic) bond motifs is 1. The highest BCUT2D eigenvalue weighted by Crippen LogP contribution is 2.57. The molecule has 9 nitrogen and oxygen atoms in total. The number of nitro groups is 1. The Hall–Kier alpha value is -3.46. The molecule has 5 rings (SSSR count). The summed E-state index contributed by atoms with van der Waals surface area (Å²) in [6.45, 7) is -0.462. The van der Waals surface area contributed by atoms with Gasteiger partial charge in [0.05, 0.1) is 21.8 Å². The second kappa shape index (κ2) is 8.15. The van der Waals surface area contributed by atoms with Gasteiger partial charge in [0.1, 0.15) is 17.6 Å². The Kier molecular flexibility index (Phi) is 5.28. The number of carbonyl (C=O) groups is 3. The fourth-order valence-corrected chi connectivity index (χ4v) is 5.38. The summed E-state index contributed by atoms with van der Waals surface area (Å²) in [4.78, 5) is 47.4. The maximum atomic E-state index is 12.6. The van der Waals surface area contributed by atoms with Crippen LogP contribution >= 0.6 is 11.6 Å². The Bertz CT molecular complexity index is 1160. The first kappa shape index (κ1) is 21.4. The predicted molar refractivity (Wildman–Crippen MR) is 113 cm³/mol. The molecule has 1 aliphatic heterocycles. The van der Waals surface area contributed by atoms with Crippen LogP contribution in [0.2, 0.25) is 5.02 Å². The minimum absolute atomic E-state index is 0.0596. The Morgan fingerprint density at radius 1 is 1.15 bits per heavy atom. The van der Waals surface area contributed by atoms with Gasteiger partial charge in [0, 0.05) is 23.6 Å². The van der Waals surface area contributed by atoms with Crippen molar-refractivity contribution in [3.63, 3.8) is 0 Å². The molecule has 5 atom stereocenters. The maximum absolute atomic E-state index is 12.6. The summed E-state index contributed by atoms with van der Waals surface area (Å²) in [6, 6.07) is 9.85. The van der Waals surface area contributed by atoms with Gasteiger partial charge < -0.3 is 14.2 Å². The van der Waals surface area contributed by atoms with Crippen LogP contribution in [0.5, 0.6) is 11.5 Å². The van der Waals surface area contributed by atoms with Gasteiger partial charge in [0.15, 0.2) is 12.4 Å². The quantitative estimate of drug-likeness (QED) is 0.257. The lowest BCUT2D eigenvalue weighted by Crippen LogP contribution is -2.34. The highest BCUT2D eigenvalue weighted by Gasteiger charge is 2.64. The number of nitro benzene ring substituents is 1. The van der Waals surface area contributed by atoms with Crippen LogP contribution in [0.25, 0.3) is 0 Å². The van der Waals surface area contributed by atoms with Crippen molar-refractivity contribution in [3.05, 3.63) is 63.2 Å². The molecule has 0 spiro atoms. The number of halogens is 1. The zero-order valence-electron chi connectivity index (χ0n) is 17.1. The van der Waals surface area contributed by atoms with Gasteiger partial charge in [-0.05, 0) is 49.1 Å². The summed E-state index contributed by atoms with van der Waals surface area (Å²) in [5, 5.41) is 10.9. The number of Topliss-reactive ketones (excluding diaryl/α,β-unsaturated/α-hetero) is 1. The molecule has 0 unspecified atom stereocenters. The topological polar surface area (TPSA) is 122 Å². The third-order valence-electron chi connectivity index (χ3n) is 6.63. The number of ketones is 1. The first-order valence-electron chi connectivity index (χ1n) is 10.4. The van der Waals surface area contributed by atoms with Gasteiger partial charge in [-0.1, -0.05) is 11.6 Å². The monoisotopic (exact) mass is 471 g/mol. The predicted octanol–water partition coefficient (Wildman–Crippen LogP) is 3.96. The molecule has 0 N–H and O–H groups in total. The summed E-state index contributed by atoms with van der Waals surface area (Å²) in [5.41, 5.74) is 0.163. The molecule has 3 aliphatic rings. The van der Waals surface area contributed by atoms with Crippen molar-refractivity contribution in [1.82, 2.24) is 0 Å². The van der Waals surface area contributed by atoms with E-state index in [1.807, 2.05) is 0 Å². The van der Waals surface area contributed by atoms with Crippen LogP contribution in [0, 0.1) is 33.8 Å². The van der Waals surface area contributed by atoms with Crippen molar-refractivity contribution >= 4 is 35.0 Å². The van der Waals surface area contributed by atoms with E-state index < -0.39 is 35.1 Å². The van der Waals surface area contributed by atoms with Gasteiger partial charge in [-0.25, -0.2) is 0 Å². The Morgan fingerprint density at radius 2 is 1.91 bits per heavy atom. The lowest BCUT2D eigenvalue weighted by Gasteiger charge is -2.22. The van der Waals surface area contributed by atoms with E-state index >= 15 is 0 Å². The van der Waals surface area contributed by atoms with Crippen molar-refractivity contribution in [2.75, 3.05) is 6.61 Å². The van der Waals surface area contributed by atoms with Crippen LogP contribution in [0.4, 0.5) is 5.69 Å². The van der Waals surface area contributed by atoms with Crippen LogP contribution in [0.15, 0.2) is 42.5 Å². The van der Waals surface area contributed by atoms with Crippen molar-refractivity contribution in [3.8, 4) is 11.5 Å². The van der Waals surface area contributed by atoms with E-state index in [9.17, 15) is 24.5 Å². The molecule has 1 heterocycles. The second-order valence-electron chi connectivity index (χ2n) is 8.45. The van der Waals surface area contributed by atoms with E-state index in [4.69, 9.17) is 25.8 Å². The van der Waals surface area contributed by atoms with E-state index in [0.29, 0.717) is 12.2 Å². The fourth-order valence-electron chi connectivity index (χ4n) is 5.16. The number of benzene rings is 2.